The van der Waals surface area contributed by atoms with E-state index in [1.54, 1.807) is 21.1 Å². The molecular formula is C31H50N3O6+. The van der Waals surface area contributed by atoms with Gasteiger partial charge in [-0.05, 0) is 83.5 Å². The van der Waals surface area contributed by atoms with Crippen molar-refractivity contribution < 1.29 is 33.9 Å². The summed E-state index contributed by atoms with van der Waals surface area (Å²) >= 11 is 0. The number of hydrogen-bond donors (Lipinski definition) is 2. The van der Waals surface area contributed by atoms with Gasteiger partial charge in [-0.3, -0.25) is 14.4 Å². The summed E-state index contributed by atoms with van der Waals surface area (Å²) in [6, 6.07) is 1.14. The lowest BCUT2D eigenvalue weighted by atomic mass is 9.64. The van der Waals surface area contributed by atoms with E-state index >= 15 is 0 Å². The number of ketones is 1. The number of nitrogens with zero attached hydrogens (tertiary/aromatic N) is 1. The number of nitrogens with one attached hydrogen (secondary N) is 1. The minimum Gasteiger partial charge on any atom is -0.379 e. The fourth-order valence-electron chi connectivity index (χ4n) is 9.94. The van der Waals surface area contributed by atoms with E-state index in [0.717, 1.165) is 70.8 Å². The second-order valence-corrected chi connectivity index (χ2v) is 13.6. The van der Waals surface area contributed by atoms with Crippen LogP contribution in [0, 0.1) is 29.6 Å². The van der Waals surface area contributed by atoms with Gasteiger partial charge in [0.1, 0.15) is 17.9 Å². The molecule has 3 aliphatic carbocycles. The Hall–Kier alpha value is -1.55. The zero-order valence-electron chi connectivity index (χ0n) is 24.8. The average Bonchev–Trinajstić information content (AvgIpc) is 3.30. The van der Waals surface area contributed by atoms with Crippen molar-refractivity contribution in [1.82, 2.24) is 10.2 Å². The third-order valence-corrected chi connectivity index (χ3v) is 11.8. The molecule has 2 amide bonds. The van der Waals surface area contributed by atoms with Crippen molar-refractivity contribution in [3.05, 3.63) is 0 Å². The van der Waals surface area contributed by atoms with E-state index in [4.69, 9.17) is 14.2 Å². The molecule has 0 aromatic rings. The van der Waals surface area contributed by atoms with Crippen molar-refractivity contribution in [2.75, 3.05) is 20.8 Å². The van der Waals surface area contributed by atoms with Crippen LogP contribution < -0.4 is 10.6 Å². The maximum Gasteiger partial charge on any atom is 0.249 e. The molecule has 10 unspecified atom stereocenters. The molecule has 0 aromatic carbocycles. The summed E-state index contributed by atoms with van der Waals surface area (Å²) in [5, 5.41) is 5.71. The fourth-order valence-corrected chi connectivity index (χ4v) is 9.94. The minimum absolute atomic E-state index is 0.0227. The second-order valence-electron chi connectivity index (χ2n) is 13.6. The van der Waals surface area contributed by atoms with E-state index in [-0.39, 0.29) is 53.9 Å². The lowest BCUT2D eigenvalue weighted by Crippen LogP contribution is -2.99. The van der Waals surface area contributed by atoms with E-state index in [2.05, 4.69) is 15.5 Å². The summed E-state index contributed by atoms with van der Waals surface area (Å²) in [5.41, 5.74) is 0. The number of carbonyl (C=O) groups excluding carboxylic acids is 3. The number of piperidine rings is 2. The van der Waals surface area contributed by atoms with Gasteiger partial charge in [0.15, 0.2) is 0 Å². The van der Waals surface area contributed by atoms with Gasteiger partial charge in [-0.2, -0.15) is 0 Å². The number of quaternary nitrogens is 1. The molecule has 3 saturated heterocycles. The number of fused-ring (bicyclic) bond motifs is 5. The molecule has 6 fully saturated rings. The van der Waals surface area contributed by atoms with Crippen molar-refractivity contribution in [2.45, 2.75) is 127 Å². The van der Waals surface area contributed by atoms with Crippen LogP contribution in [-0.4, -0.2) is 91.8 Å². The first-order valence-electron chi connectivity index (χ1n) is 16.0. The summed E-state index contributed by atoms with van der Waals surface area (Å²) in [6.07, 6.45) is 8.63. The Morgan fingerprint density at radius 3 is 2.42 bits per heavy atom. The van der Waals surface area contributed by atoms with Crippen LogP contribution in [0.2, 0.25) is 0 Å². The number of hydrogen-bond acceptors (Lipinski definition) is 6. The molecule has 0 bridgehead atoms. The monoisotopic (exact) mass is 560 g/mol. The highest BCUT2D eigenvalue weighted by atomic mass is 16.5. The first-order valence-corrected chi connectivity index (χ1v) is 16.0. The van der Waals surface area contributed by atoms with E-state index in [1.165, 1.54) is 0 Å². The van der Waals surface area contributed by atoms with Crippen molar-refractivity contribution in [3.8, 4) is 0 Å². The predicted molar refractivity (Wildman–Crippen MR) is 147 cm³/mol. The number of methoxy groups -OCH3 is 2. The van der Waals surface area contributed by atoms with E-state index in [9.17, 15) is 14.4 Å². The van der Waals surface area contributed by atoms with Crippen LogP contribution in [0.3, 0.4) is 0 Å². The van der Waals surface area contributed by atoms with Gasteiger partial charge in [-0.25, -0.2) is 0 Å². The van der Waals surface area contributed by atoms with Gasteiger partial charge in [0, 0.05) is 44.6 Å². The van der Waals surface area contributed by atoms with Crippen molar-refractivity contribution >= 4 is 17.6 Å². The topological polar surface area (TPSA) is 111 Å². The van der Waals surface area contributed by atoms with E-state index < -0.39 is 6.10 Å². The summed E-state index contributed by atoms with van der Waals surface area (Å²) < 4.78 is 18.2. The minimum atomic E-state index is -0.499. The highest BCUT2D eigenvalue weighted by Crippen LogP contribution is 2.53. The molecule has 9 nitrogen and oxygen atoms in total. The molecule has 40 heavy (non-hydrogen) atoms. The van der Waals surface area contributed by atoms with Gasteiger partial charge in [0.25, 0.3) is 0 Å². The molecule has 11 atom stereocenters. The zero-order chi connectivity index (χ0) is 28.1. The molecule has 3 aliphatic heterocycles. The molecule has 6 rings (SSSR count). The van der Waals surface area contributed by atoms with E-state index in [1.807, 2.05) is 6.92 Å². The zero-order valence-corrected chi connectivity index (χ0v) is 24.8. The smallest absolute Gasteiger partial charge is 0.249 e. The van der Waals surface area contributed by atoms with Gasteiger partial charge in [-0.1, -0.05) is 0 Å². The molecular weight excluding hydrogens is 510 g/mol. The standard InChI is InChI=1S/C31H49N3O6/c1-16(35)18-5-7-19(8-6-18)33-30(36)17(2)40-20-9-11-24-23(15-20)21-13-14-32-27-22-10-12-25(38-3)29(39-4)26(22)31(37)34(24)28(21)27/h17-29,32H,5-15H2,1-4H3,(H,33,36)/p+1/t17-,18?,19?,20?,21?,22?,23?,24?,25?,26?,27?,28?,29?/m1/s1. The van der Waals surface area contributed by atoms with Gasteiger partial charge in [0.2, 0.25) is 11.8 Å². The first kappa shape index (κ1) is 28.6. The van der Waals surface area contributed by atoms with Crippen LogP contribution >= 0.6 is 0 Å². The number of amides is 2. The van der Waals surface area contributed by atoms with Gasteiger partial charge < -0.3 is 29.7 Å². The van der Waals surface area contributed by atoms with Crippen molar-refractivity contribution in [1.29, 1.82) is 0 Å². The summed E-state index contributed by atoms with van der Waals surface area (Å²) in [6.45, 7) is 4.66. The highest BCUT2D eigenvalue weighted by molar-refractivity contribution is 5.83. The lowest BCUT2D eigenvalue weighted by molar-refractivity contribution is -0.713. The average molecular weight is 561 g/mol. The number of Topliss-reactive ketones (excluding diaryl/α,β-unsaturated/α-hetero) is 1. The number of carbonyl (C=O) groups is 3. The highest BCUT2D eigenvalue weighted by Gasteiger charge is 2.66. The maximum absolute atomic E-state index is 14.2. The number of nitrogens with two attached hydrogens (primary N) is 1. The molecule has 0 radical (unpaired) electrons. The summed E-state index contributed by atoms with van der Waals surface area (Å²) in [4.78, 5) is 41.2. The van der Waals surface area contributed by atoms with Crippen LogP contribution in [0.15, 0.2) is 0 Å². The predicted octanol–water partition coefficient (Wildman–Crippen LogP) is 1.43. The van der Waals surface area contributed by atoms with Crippen LogP contribution in [0.4, 0.5) is 0 Å². The molecule has 9 heteroatoms. The van der Waals surface area contributed by atoms with E-state index in [0.29, 0.717) is 35.7 Å². The lowest BCUT2D eigenvalue weighted by Gasteiger charge is -2.53. The Bertz CT molecular complexity index is 969. The molecule has 6 aliphatic rings. The SMILES string of the molecule is COC1CCC2C3[NH2+]CCC4C5CC(O[C@H](C)C(=O)NC6CCC(C(C)=O)CC6)CCC5N(C(=O)C2C1OC)C43. The maximum atomic E-state index is 14.2. The van der Waals surface area contributed by atoms with Crippen LogP contribution in [0.1, 0.15) is 78.1 Å². The Morgan fingerprint density at radius 2 is 1.73 bits per heavy atom. The quantitative estimate of drug-likeness (QED) is 0.488. The normalized spacial score (nSPS) is 45.2. The molecule has 0 aromatic heterocycles. The molecule has 3 saturated carbocycles. The van der Waals surface area contributed by atoms with Crippen LogP contribution in [0.25, 0.3) is 0 Å². The number of ether oxygens (including phenoxy) is 3. The first-order chi connectivity index (χ1) is 19.3. The van der Waals surface area contributed by atoms with Gasteiger partial charge in [0.05, 0.1) is 36.8 Å². The Kier molecular flexibility index (Phi) is 8.29. The second kappa shape index (κ2) is 11.6. The Labute approximate surface area is 238 Å². The van der Waals surface area contributed by atoms with Gasteiger partial charge in [-0.15, -0.1) is 0 Å². The van der Waals surface area contributed by atoms with Crippen LogP contribution in [0.5, 0.6) is 0 Å². The van der Waals surface area contributed by atoms with Crippen molar-refractivity contribution in [2.24, 2.45) is 29.6 Å². The third kappa shape index (κ3) is 4.92. The molecule has 0 spiro atoms. The van der Waals surface area contributed by atoms with Gasteiger partial charge >= 0.3 is 0 Å². The third-order valence-electron chi connectivity index (χ3n) is 11.8. The van der Waals surface area contributed by atoms with Crippen LogP contribution in [-0.2, 0) is 28.6 Å². The molecule has 3 N–H and O–H groups in total. The number of rotatable bonds is 7. The summed E-state index contributed by atoms with van der Waals surface area (Å²) in [5.74, 6) is 1.83. The molecule has 3 heterocycles. The Morgan fingerprint density at radius 1 is 0.950 bits per heavy atom. The van der Waals surface area contributed by atoms with Crippen molar-refractivity contribution in [3.63, 3.8) is 0 Å². The fraction of sp³-hybridized carbons (Fsp3) is 0.903. The Balaban J connectivity index is 1.10. The molecule has 224 valence electrons. The largest absolute Gasteiger partial charge is 0.379 e. The summed E-state index contributed by atoms with van der Waals surface area (Å²) in [7, 11) is 3.47.